The summed E-state index contributed by atoms with van der Waals surface area (Å²) < 4.78 is 3.56. The van der Waals surface area contributed by atoms with E-state index in [0.717, 1.165) is 6.42 Å². The van der Waals surface area contributed by atoms with E-state index in [0.29, 0.717) is 0 Å². The second-order valence-electron chi connectivity index (χ2n) is 6.23. The van der Waals surface area contributed by atoms with Crippen molar-refractivity contribution in [3.63, 3.8) is 0 Å². The number of likely N-dealkylation sites (N-methyl/N-ethyl adjacent to an activating group) is 1. The number of fused-ring (bicyclic) bond motifs is 2. The first-order valence-corrected chi connectivity index (χ1v) is 9.29. The fraction of sp³-hybridized carbons (Fsp3) is 0.136. The average molecular weight is 345 g/mol. The molecule has 1 aliphatic rings. The van der Waals surface area contributed by atoms with Crippen LogP contribution in [0, 0.1) is 0 Å². The van der Waals surface area contributed by atoms with Crippen LogP contribution in [-0.4, -0.2) is 7.05 Å². The van der Waals surface area contributed by atoms with Gasteiger partial charge in [-0.05, 0) is 23.8 Å². The van der Waals surface area contributed by atoms with Crippen LogP contribution in [0.2, 0.25) is 0 Å². The Bertz CT molecular complexity index is 1010. The zero-order chi connectivity index (χ0) is 17.2. The van der Waals surface area contributed by atoms with Crippen LogP contribution in [0.3, 0.4) is 0 Å². The minimum absolute atomic E-state index is 1.01. The van der Waals surface area contributed by atoms with Gasteiger partial charge in [0.2, 0.25) is 5.52 Å². The van der Waals surface area contributed by atoms with E-state index in [9.17, 15) is 0 Å². The molecule has 1 aromatic heterocycles. The fourth-order valence-electron chi connectivity index (χ4n) is 3.26. The third-order valence-corrected chi connectivity index (χ3v) is 5.86. The van der Waals surface area contributed by atoms with Gasteiger partial charge >= 0.3 is 0 Å². The Morgan fingerprint density at radius 2 is 1.80 bits per heavy atom. The Morgan fingerprint density at radius 1 is 1.00 bits per heavy atom. The smallest absolute Gasteiger partial charge is 0.262 e. The second-order valence-corrected chi connectivity index (χ2v) is 7.30. The highest BCUT2D eigenvalue weighted by Gasteiger charge is 2.19. The number of benzene rings is 2. The summed E-state index contributed by atoms with van der Waals surface area (Å²) >= 11 is 1.82. The molecule has 0 spiro atoms. The maximum absolute atomic E-state index is 2.27. The molecule has 2 heterocycles. The summed E-state index contributed by atoms with van der Waals surface area (Å²) in [4.78, 5) is 2.27. The van der Waals surface area contributed by atoms with Gasteiger partial charge in [0, 0.05) is 37.0 Å². The first-order chi connectivity index (χ1) is 12.2. The monoisotopic (exact) mass is 345 g/mol. The largest absolute Gasteiger partial charge is 0.348 e. The van der Waals surface area contributed by atoms with Crippen molar-refractivity contribution >= 4 is 33.3 Å². The van der Waals surface area contributed by atoms with Crippen LogP contribution >= 0.6 is 11.3 Å². The number of para-hydroxylation sites is 2. The van der Waals surface area contributed by atoms with E-state index in [2.05, 4.69) is 102 Å². The fourth-order valence-corrected chi connectivity index (χ4v) is 4.32. The Morgan fingerprint density at radius 3 is 2.64 bits per heavy atom. The molecule has 0 aliphatic carbocycles. The first kappa shape index (κ1) is 15.9. The van der Waals surface area contributed by atoms with Gasteiger partial charge < -0.3 is 4.90 Å². The quantitative estimate of drug-likeness (QED) is 0.485. The molecular weight excluding hydrogens is 324 g/mol. The maximum atomic E-state index is 2.27. The van der Waals surface area contributed by atoms with Crippen molar-refractivity contribution in [2.75, 3.05) is 11.9 Å². The Kier molecular flexibility index (Phi) is 4.24. The Labute approximate surface area is 152 Å². The van der Waals surface area contributed by atoms with Crippen molar-refractivity contribution in [3.05, 3.63) is 89.1 Å². The van der Waals surface area contributed by atoms with Gasteiger partial charge in [-0.3, -0.25) is 0 Å². The standard InChI is InChI=1S/C22H21N2S/c1-23-18(16-17-10-6-7-12-19(17)23)11-4-3-5-15-22-24(2)20-13-8-9-14-21(20)25-22/h3-15H,16H2,1-2H3/q+1. The first-order valence-electron chi connectivity index (χ1n) is 8.47. The summed E-state index contributed by atoms with van der Waals surface area (Å²) in [5.41, 5.74) is 5.33. The second kappa shape index (κ2) is 6.69. The third-order valence-electron chi connectivity index (χ3n) is 4.68. The molecule has 0 fully saturated rings. The van der Waals surface area contributed by atoms with Crippen LogP contribution in [0.15, 0.2) is 78.5 Å². The minimum Gasteiger partial charge on any atom is -0.348 e. The number of thiazole rings is 1. The summed E-state index contributed by atoms with van der Waals surface area (Å²) in [5, 5.41) is 1.25. The maximum Gasteiger partial charge on any atom is 0.262 e. The molecule has 0 unspecified atom stereocenters. The van der Waals surface area contributed by atoms with Gasteiger partial charge in [0.25, 0.3) is 5.01 Å². The Balaban J connectivity index is 1.48. The molecule has 2 nitrogen and oxygen atoms in total. The van der Waals surface area contributed by atoms with Crippen LogP contribution in [0.25, 0.3) is 16.3 Å². The SMILES string of the molecule is CN1C(=CC=CC=Cc2sc3ccccc3[n+]2C)Cc2ccccc21. The minimum atomic E-state index is 1.01. The number of anilines is 1. The number of rotatable bonds is 3. The number of nitrogens with zero attached hydrogens (tertiary/aromatic N) is 2. The van der Waals surface area contributed by atoms with Crippen LogP contribution in [0.1, 0.15) is 10.6 Å². The molecule has 0 saturated carbocycles. The highest BCUT2D eigenvalue weighted by molar-refractivity contribution is 7.18. The van der Waals surface area contributed by atoms with Crippen molar-refractivity contribution in [2.45, 2.75) is 6.42 Å². The zero-order valence-corrected chi connectivity index (χ0v) is 15.3. The van der Waals surface area contributed by atoms with Gasteiger partial charge in [0.1, 0.15) is 11.7 Å². The van der Waals surface area contributed by atoms with Crippen LogP contribution in [0.5, 0.6) is 0 Å². The van der Waals surface area contributed by atoms with E-state index in [1.807, 2.05) is 11.3 Å². The van der Waals surface area contributed by atoms with Crippen molar-refractivity contribution in [3.8, 4) is 0 Å². The lowest BCUT2D eigenvalue weighted by Gasteiger charge is -2.13. The van der Waals surface area contributed by atoms with Crippen LogP contribution in [-0.2, 0) is 13.5 Å². The zero-order valence-electron chi connectivity index (χ0n) is 14.5. The van der Waals surface area contributed by atoms with E-state index in [-0.39, 0.29) is 0 Å². The summed E-state index contributed by atoms with van der Waals surface area (Å²) in [7, 11) is 4.26. The van der Waals surface area contributed by atoms with Crippen molar-refractivity contribution in [1.29, 1.82) is 0 Å². The van der Waals surface area contributed by atoms with Gasteiger partial charge in [-0.15, -0.1) is 0 Å². The molecule has 0 N–H and O–H groups in total. The van der Waals surface area contributed by atoms with Crippen LogP contribution < -0.4 is 9.47 Å². The number of allylic oxidation sites excluding steroid dienone is 5. The van der Waals surface area contributed by atoms with Crippen molar-refractivity contribution in [1.82, 2.24) is 0 Å². The molecule has 25 heavy (non-hydrogen) atoms. The molecule has 2 aromatic carbocycles. The molecule has 0 saturated heterocycles. The Hall–Kier alpha value is -2.65. The van der Waals surface area contributed by atoms with E-state index in [4.69, 9.17) is 0 Å². The van der Waals surface area contributed by atoms with Gasteiger partial charge in [-0.2, -0.15) is 4.57 Å². The highest BCUT2D eigenvalue weighted by atomic mass is 32.1. The number of aromatic nitrogens is 1. The third kappa shape index (κ3) is 3.03. The summed E-state index contributed by atoms with van der Waals surface area (Å²) in [5.74, 6) is 0. The van der Waals surface area contributed by atoms with Gasteiger partial charge in [-0.25, -0.2) is 0 Å². The lowest BCUT2D eigenvalue weighted by atomic mass is 10.1. The highest BCUT2D eigenvalue weighted by Crippen LogP contribution is 2.32. The molecular formula is C22H21N2S+. The lowest BCUT2D eigenvalue weighted by molar-refractivity contribution is -0.642. The topological polar surface area (TPSA) is 7.12 Å². The molecule has 0 radical (unpaired) electrons. The summed E-state index contributed by atoms with van der Waals surface area (Å²) in [6.45, 7) is 0. The molecule has 4 rings (SSSR count). The van der Waals surface area contributed by atoms with Gasteiger partial charge in [-0.1, -0.05) is 59.9 Å². The number of aryl methyl sites for hydroxylation is 1. The predicted molar refractivity (Wildman–Crippen MR) is 108 cm³/mol. The molecule has 124 valence electrons. The average Bonchev–Trinajstić information content (AvgIpc) is 3.13. The van der Waals surface area contributed by atoms with Crippen molar-refractivity contribution < 1.29 is 4.57 Å². The summed E-state index contributed by atoms with van der Waals surface area (Å²) in [6, 6.07) is 17.1. The van der Waals surface area contributed by atoms with Gasteiger partial charge in [0.15, 0.2) is 0 Å². The van der Waals surface area contributed by atoms with E-state index >= 15 is 0 Å². The molecule has 0 bridgehead atoms. The predicted octanol–water partition coefficient (Wildman–Crippen LogP) is 4.87. The van der Waals surface area contributed by atoms with Gasteiger partial charge in [0.05, 0.1) is 0 Å². The molecule has 1 aliphatic heterocycles. The lowest BCUT2D eigenvalue weighted by Crippen LogP contribution is -2.28. The van der Waals surface area contributed by atoms with E-state index < -0.39 is 0 Å². The number of hydrogen-bond acceptors (Lipinski definition) is 2. The summed E-state index contributed by atoms with van der Waals surface area (Å²) in [6.07, 6.45) is 11.7. The molecule has 0 atom stereocenters. The van der Waals surface area contributed by atoms with Crippen LogP contribution in [0.4, 0.5) is 5.69 Å². The number of hydrogen-bond donors (Lipinski definition) is 0. The van der Waals surface area contributed by atoms with E-state index in [1.54, 1.807) is 0 Å². The molecule has 3 heteroatoms. The molecule has 3 aromatic rings. The normalized spacial score (nSPS) is 15.9. The molecule has 0 amide bonds. The van der Waals surface area contributed by atoms with E-state index in [1.165, 1.54) is 32.2 Å². The van der Waals surface area contributed by atoms with Crippen molar-refractivity contribution in [2.24, 2.45) is 7.05 Å².